The summed E-state index contributed by atoms with van der Waals surface area (Å²) in [4.78, 5) is 13.0. The van der Waals surface area contributed by atoms with Gasteiger partial charge in [0.25, 0.3) is 0 Å². The van der Waals surface area contributed by atoms with E-state index in [1.807, 2.05) is 31.2 Å². The van der Waals surface area contributed by atoms with Crippen molar-refractivity contribution in [3.8, 4) is 17.3 Å². The fraction of sp³-hybridized carbons (Fsp3) is 0.0952. The minimum atomic E-state index is -0.285. The second-order valence-electron chi connectivity index (χ2n) is 5.98. The van der Waals surface area contributed by atoms with E-state index in [-0.39, 0.29) is 23.5 Å². The first-order chi connectivity index (χ1) is 12.6. The molecule has 4 nitrogen and oxygen atoms in total. The number of hydrogen-bond donors (Lipinski definition) is 0. The maximum atomic E-state index is 13.0. The topological polar surface area (TPSA) is 52.6 Å². The lowest BCUT2D eigenvalue weighted by Crippen LogP contribution is -2.10. The van der Waals surface area contributed by atoms with E-state index in [1.165, 1.54) is 6.26 Å². The van der Waals surface area contributed by atoms with Crippen LogP contribution in [0.4, 0.5) is 0 Å². The van der Waals surface area contributed by atoms with Gasteiger partial charge in [-0.15, -0.1) is 0 Å². The lowest BCUT2D eigenvalue weighted by Gasteiger charge is -2.10. The molecule has 2 heterocycles. The monoisotopic (exact) mass is 366 g/mol. The number of benzene rings is 2. The van der Waals surface area contributed by atoms with Crippen molar-refractivity contribution in [3.63, 3.8) is 0 Å². The number of furan rings is 1. The fourth-order valence-electron chi connectivity index (χ4n) is 2.69. The third-order valence-corrected chi connectivity index (χ3v) is 4.29. The SMILES string of the molecule is Cc1ccc(COc2c(-c3ccco3)oc3ccc(Cl)cc3c2=O)cc1. The van der Waals surface area contributed by atoms with Gasteiger partial charge in [0.2, 0.25) is 16.9 Å². The molecule has 0 saturated carbocycles. The zero-order valence-electron chi connectivity index (χ0n) is 14.0. The number of ether oxygens (including phenoxy) is 1. The predicted octanol–water partition coefficient (Wildman–Crippen LogP) is 5.59. The summed E-state index contributed by atoms with van der Waals surface area (Å²) >= 11 is 6.03. The van der Waals surface area contributed by atoms with Crippen LogP contribution in [0, 0.1) is 6.92 Å². The van der Waals surface area contributed by atoms with Gasteiger partial charge in [-0.25, -0.2) is 0 Å². The Bertz CT molecular complexity index is 1110. The summed E-state index contributed by atoms with van der Waals surface area (Å²) in [5, 5.41) is 0.826. The molecule has 26 heavy (non-hydrogen) atoms. The molecule has 2 aromatic heterocycles. The Morgan fingerprint density at radius 3 is 2.62 bits per heavy atom. The molecular formula is C21H15ClO4. The van der Waals surface area contributed by atoms with Gasteiger partial charge in [0, 0.05) is 5.02 Å². The van der Waals surface area contributed by atoms with Crippen molar-refractivity contribution >= 4 is 22.6 Å². The molecule has 0 fully saturated rings. The van der Waals surface area contributed by atoms with Crippen LogP contribution < -0.4 is 10.2 Å². The first kappa shape index (κ1) is 16.5. The average Bonchev–Trinajstić information content (AvgIpc) is 3.17. The largest absolute Gasteiger partial charge is 0.481 e. The molecule has 5 heteroatoms. The summed E-state index contributed by atoms with van der Waals surface area (Å²) < 4.78 is 17.2. The average molecular weight is 367 g/mol. The maximum absolute atomic E-state index is 13.0. The van der Waals surface area contributed by atoms with Crippen molar-refractivity contribution in [2.45, 2.75) is 13.5 Å². The summed E-state index contributed by atoms with van der Waals surface area (Å²) in [6, 6.07) is 16.3. The van der Waals surface area contributed by atoms with Gasteiger partial charge in [0.15, 0.2) is 5.76 Å². The Balaban J connectivity index is 1.82. The molecule has 0 aliphatic rings. The van der Waals surface area contributed by atoms with E-state index in [4.69, 9.17) is 25.2 Å². The molecule has 0 saturated heterocycles. The van der Waals surface area contributed by atoms with Gasteiger partial charge in [0.05, 0.1) is 11.6 Å². The lowest BCUT2D eigenvalue weighted by atomic mass is 10.1. The van der Waals surface area contributed by atoms with Crippen LogP contribution in [0.5, 0.6) is 5.75 Å². The second kappa shape index (κ2) is 6.73. The standard InChI is InChI=1S/C21H15ClO4/c1-13-4-6-14(7-5-13)12-25-21-19(23)16-11-15(22)8-9-17(16)26-20(21)18-3-2-10-24-18/h2-11H,12H2,1H3. The number of rotatable bonds is 4. The van der Waals surface area contributed by atoms with E-state index in [9.17, 15) is 4.79 Å². The quantitative estimate of drug-likeness (QED) is 0.472. The van der Waals surface area contributed by atoms with Crippen molar-refractivity contribution < 1.29 is 13.6 Å². The van der Waals surface area contributed by atoms with E-state index in [0.717, 1.165) is 11.1 Å². The molecule has 2 aromatic carbocycles. The van der Waals surface area contributed by atoms with E-state index in [2.05, 4.69) is 0 Å². The summed E-state index contributed by atoms with van der Waals surface area (Å²) in [5.41, 5.74) is 2.25. The molecule has 0 radical (unpaired) electrons. The molecule has 4 aromatic rings. The molecule has 0 amide bonds. The third kappa shape index (κ3) is 3.11. The molecule has 130 valence electrons. The van der Waals surface area contributed by atoms with Gasteiger partial charge in [-0.3, -0.25) is 4.79 Å². The Labute approximate surface area is 154 Å². The van der Waals surface area contributed by atoms with Crippen molar-refractivity contribution in [1.82, 2.24) is 0 Å². The summed E-state index contributed by atoms with van der Waals surface area (Å²) in [6.45, 7) is 2.26. The molecule has 0 bridgehead atoms. The maximum Gasteiger partial charge on any atom is 0.235 e. The molecule has 4 rings (SSSR count). The second-order valence-corrected chi connectivity index (χ2v) is 6.42. The van der Waals surface area contributed by atoms with Crippen LogP contribution in [0.25, 0.3) is 22.5 Å². The molecule has 0 atom stereocenters. The van der Waals surface area contributed by atoms with E-state index >= 15 is 0 Å². The minimum Gasteiger partial charge on any atom is -0.481 e. The Morgan fingerprint density at radius 1 is 1.08 bits per heavy atom. The molecular weight excluding hydrogens is 352 g/mol. The first-order valence-electron chi connectivity index (χ1n) is 8.10. The van der Waals surface area contributed by atoms with E-state index in [0.29, 0.717) is 21.8 Å². The summed E-state index contributed by atoms with van der Waals surface area (Å²) in [7, 11) is 0. The highest BCUT2D eigenvalue weighted by Crippen LogP contribution is 2.32. The van der Waals surface area contributed by atoms with Crippen LogP contribution in [0.3, 0.4) is 0 Å². The summed E-state index contributed by atoms with van der Waals surface area (Å²) in [6.07, 6.45) is 1.52. The van der Waals surface area contributed by atoms with Crippen LogP contribution in [0.1, 0.15) is 11.1 Å². The van der Waals surface area contributed by atoms with Gasteiger partial charge in [0.1, 0.15) is 12.2 Å². The van der Waals surface area contributed by atoms with Crippen LogP contribution >= 0.6 is 11.6 Å². The van der Waals surface area contributed by atoms with Gasteiger partial charge in [-0.2, -0.15) is 0 Å². The number of fused-ring (bicyclic) bond motifs is 1. The molecule has 0 unspecified atom stereocenters. The van der Waals surface area contributed by atoms with Crippen molar-refractivity contribution in [3.05, 3.63) is 87.2 Å². The Hall–Kier alpha value is -2.98. The number of hydrogen-bond acceptors (Lipinski definition) is 4. The van der Waals surface area contributed by atoms with Gasteiger partial charge >= 0.3 is 0 Å². The van der Waals surface area contributed by atoms with E-state index in [1.54, 1.807) is 30.3 Å². The van der Waals surface area contributed by atoms with Crippen molar-refractivity contribution in [2.75, 3.05) is 0 Å². The number of aryl methyl sites for hydroxylation is 1. The summed E-state index contributed by atoms with van der Waals surface area (Å²) in [5.74, 6) is 0.801. The molecule has 0 N–H and O–H groups in total. The van der Waals surface area contributed by atoms with E-state index < -0.39 is 0 Å². The fourth-order valence-corrected chi connectivity index (χ4v) is 2.86. The Kier molecular flexibility index (Phi) is 4.27. The van der Waals surface area contributed by atoms with Crippen LogP contribution in [-0.4, -0.2) is 0 Å². The normalized spacial score (nSPS) is 11.0. The van der Waals surface area contributed by atoms with Crippen molar-refractivity contribution in [2.24, 2.45) is 0 Å². The lowest BCUT2D eigenvalue weighted by molar-refractivity contribution is 0.296. The predicted molar refractivity (Wildman–Crippen MR) is 101 cm³/mol. The van der Waals surface area contributed by atoms with Crippen molar-refractivity contribution in [1.29, 1.82) is 0 Å². The molecule has 0 spiro atoms. The highest BCUT2D eigenvalue weighted by Gasteiger charge is 2.20. The zero-order chi connectivity index (χ0) is 18.1. The third-order valence-electron chi connectivity index (χ3n) is 4.06. The Morgan fingerprint density at radius 2 is 1.88 bits per heavy atom. The highest BCUT2D eigenvalue weighted by atomic mass is 35.5. The van der Waals surface area contributed by atoms with Gasteiger partial charge in [-0.1, -0.05) is 41.4 Å². The highest BCUT2D eigenvalue weighted by molar-refractivity contribution is 6.31. The number of halogens is 1. The minimum absolute atomic E-state index is 0.107. The molecule has 0 aliphatic heterocycles. The van der Waals surface area contributed by atoms with Crippen LogP contribution in [0.15, 0.2) is 74.5 Å². The van der Waals surface area contributed by atoms with Crippen LogP contribution in [-0.2, 0) is 6.61 Å². The van der Waals surface area contributed by atoms with Gasteiger partial charge < -0.3 is 13.6 Å². The smallest absolute Gasteiger partial charge is 0.235 e. The first-order valence-corrected chi connectivity index (χ1v) is 8.48. The van der Waals surface area contributed by atoms with Gasteiger partial charge in [-0.05, 0) is 42.8 Å². The molecule has 0 aliphatic carbocycles. The zero-order valence-corrected chi connectivity index (χ0v) is 14.7. The van der Waals surface area contributed by atoms with Crippen LogP contribution in [0.2, 0.25) is 5.02 Å².